The van der Waals surface area contributed by atoms with E-state index >= 15 is 0 Å². The molecule has 0 radical (unpaired) electrons. The zero-order valence-corrected chi connectivity index (χ0v) is 50.4. The van der Waals surface area contributed by atoms with Crippen LogP contribution in [0.5, 0.6) is 0 Å². The molecule has 1 saturated heterocycles. The normalized spacial score (nSPS) is 19.2. The Kier molecular flexibility index (Phi) is 54.2. The van der Waals surface area contributed by atoms with Crippen LogP contribution in [0.2, 0.25) is 0 Å². The average Bonchev–Trinajstić information content (AvgIpc) is 3.45. The smallest absolute Gasteiger partial charge is 0.220 e. The minimum absolute atomic E-state index is 0.184. The first kappa shape index (κ1) is 73.4. The van der Waals surface area contributed by atoms with Crippen LogP contribution in [0.15, 0.2) is 85.1 Å². The summed E-state index contributed by atoms with van der Waals surface area (Å²) in [5, 5.41) is 54.6. The first-order valence-electron chi connectivity index (χ1n) is 32.8. The number of rotatable bonds is 56. The Hall–Kier alpha value is -2.63. The second-order valence-corrected chi connectivity index (χ2v) is 22.5. The fourth-order valence-corrected chi connectivity index (χ4v) is 10.1. The molecular formula is C69H123NO8. The van der Waals surface area contributed by atoms with E-state index in [9.17, 15) is 30.3 Å². The van der Waals surface area contributed by atoms with Crippen molar-refractivity contribution < 1.29 is 39.8 Å². The topological polar surface area (TPSA) is 149 Å². The Morgan fingerprint density at radius 3 is 1.23 bits per heavy atom. The standard InChI is InChI=1S/C69H123NO8/c1-3-5-7-9-11-13-15-17-19-21-23-24-25-26-27-28-29-30-31-32-33-34-35-36-37-38-39-40-41-43-45-47-49-51-53-55-57-59-65(73)70-62(61-77-69-68(76)67(75)66(74)64(60-71)78-69)63(72)58-56-54-52-50-48-46-44-42-22-20-18-16-14-12-10-8-6-4-2/h5,7,11,13,17,19,23-24,26-27,48,50,56,58,62-64,66-69,71-72,74-76H,3-4,6,8-10,12,14-16,18,20-22,25,28-47,49,51-55,57,59-61H2,1-2H3,(H,70,73)/b7-5-,13-11-,19-17-,24-23-,27-26-,50-48+,58-56+. The summed E-state index contributed by atoms with van der Waals surface area (Å²) in [6.07, 6.45) is 75.4. The summed E-state index contributed by atoms with van der Waals surface area (Å²) in [6.45, 7) is 3.67. The quantitative estimate of drug-likeness (QED) is 0.0261. The van der Waals surface area contributed by atoms with Gasteiger partial charge in [0.1, 0.15) is 24.4 Å². The molecule has 0 spiro atoms. The van der Waals surface area contributed by atoms with Crippen LogP contribution in [0.1, 0.15) is 290 Å². The largest absolute Gasteiger partial charge is 0.394 e. The van der Waals surface area contributed by atoms with Crippen LogP contribution in [0.4, 0.5) is 0 Å². The van der Waals surface area contributed by atoms with Gasteiger partial charge in [-0.25, -0.2) is 0 Å². The third-order valence-corrected chi connectivity index (χ3v) is 15.2. The fraction of sp³-hybridized carbons (Fsp3) is 0.783. The van der Waals surface area contributed by atoms with E-state index < -0.39 is 49.5 Å². The molecule has 0 saturated carbocycles. The molecule has 452 valence electrons. The molecule has 1 amide bonds. The SMILES string of the molecule is CC/C=C\C/C=C\C/C=C\C/C=C\C/C=C\CCCCCCCCCCCCCCCCCCCCCCCC(=O)NC(COC1OC(CO)C(O)C(O)C1O)C(O)/C=C/CC/C=C/CCCCCCCCCCCCCC. The number of hydrogen-bond donors (Lipinski definition) is 6. The summed E-state index contributed by atoms with van der Waals surface area (Å²) in [6, 6.07) is -0.824. The average molecular weight is 1090 g/mol. The molecule has 1 fully saturated rings. The van der Waals surface area contributed by atoms with E-state index in [0.29, 0.717) is 6.42 Å². The number of carbonyl (C=O) groups is 1. The number of allylic oxidation sites excluding steroid dienone is 13. The summed E-state index contributed by atoms with van der Waals surface area (Å²) in [4.78, 5) is 13.1. The molecule has 0 aromatic heterocycles. The van der Waals surface area contributed by atoms with E-state index in [0.717, 1.165) is 70.6 Å². The summed E-state index contributed by atoms with van der Waals surface area (Å²) < 4.78 is 11.3. The van der Waals surface area contributed by atoms with E-state index in [1.165, 1.54) is 199 Å². The van der Waals surface area contributed by atoms with Crippen LogP contribution in [0, 0.1) is 0 Å². The number of aliphatic hydroxyl groups is 5. The van der Waals surface area contributed by atoms with Crippen molar-refractivity contribution in [1.29, 1.82) is 0 Å². The minimum atomic E-state index is -1.57. The van der Waals surface area contributed by atoms with Crippen LogP contribution in [-0.4, -0.2) is 87.5 Å². The van der Waals surface area contributed by atoms with Crippen molar-refractivity contribution in [2.45, 2.75) is 333 Å². The van der Waals surface area contributed by atoms with E-state index in [-0.39, 0.29) is 12.5 Å². The lowest BCUT2D eigenvalue weighted by molar-refractivity contribution is -0.302. The molecule has 1 rings (SSSR count). The zero-order chi connectivity index (χ0) is 56.5. The van der Waals surface area contributed by atoms with Crippen molar-refractivity contribution in [2.75, 3.05) is 13.2 Å². The Balaban J connectivity index is 2.11. The lowest BCUT2D eigenvalue weighted by atomic mass is 9.99. The Bertz CT molecular complexity index is 1500. The van der Waals surface area contributed by atoms with Gasteiger partial charge in [-0.1, -0.05) is 292 Å². The van der Waals surface area contributed by atoms with Gasteiger partial charge in [-0.05, 0) is 77.0 Å². The lowest BCUT2D eigenvalue weighted by Crippen LogP contribution is -2.60. The van der Waals surface area contributed by atoms with Crippen LogP contribution >= 0.6 is 0 Å². The third-order valence-electron chi connectivity index (χ3n) is 15.2. The Morgan fingerprint density at radius 1 is 0.449 bits per heavy atom. The van der Waals surface area contributed by atoms with E-state index in [1.54, 1.807) is 6.08 Å². The predicted octanol–water partition coefficient (Wildman–Crippen LogP) is 17.4. The van der Waals surface area contributed by atoms with Gasteiger partial charge >= 0.3 is 0 Å². The lowest BCUT2D eigenvalue weighted by Gasteiger charge is -2.40. The Morgan fingerprint density at radius 2 is 0.808 bits per heavy atom. The molecule has 9 nitrogen and oxygen atoms in total. The highest BCUT2D eigenvalue weighted by Gasteiger charge is 2.44. The van der Waals surface area contributed by atoms with Crippen LogP contribution < -0.4 is 5.32 Å². The van der Waals surface area contributed by atoms with Gasteiger partial charge in [-0.2, -0.15) is 0 Å². The van der Waals surface area contributed by atoms with Gasteiger partial charge in [-0.15, -0.1) is 0 Å². The maximum atomic E-state index is 13.1. The van der Waals surface area contributed by atoms with E-state index in [4.69, 9.17) is 9.47 Å². The number of ether oxygens (including phenoxy) is 2. The number of hydrogen-bond acceptors (Lipinski definition) is 8. The second-order valence-electron chi connectivity index (χ2n) is 22.5. The van der Waals surface area contributed by atoms with Gasteiger partial charge in [0.2, 0.25) is 5.91 Å². The number of unbranched alkanes of at least 4 members (excludes halogenated alkanes) is 34. The maximum Gasteiger partial charge on any atom is 0.220 e. The van der Waals surface area contributed by atoms with E-state index in [2.05, 4.69) is 92.1 Å². The summed E-state index contributed by atoms with van der Waals surface area (Å²) in [7, 11) is 0. The van der Waals surface area contributed by atoms with Crippen molar-refractivity contribution in [3.8, 4) is 0 Å². The molecule has 0 bridgehead atoms. The first-order chi connectivity index (χ1) is 38.3. The van der Waals surface area contributed by atoms with Crippen molar-refractivity contribution in [1.82, 2.24) is 5.32 Å². The van der Waals surface area contributed by atoms with Crippen LogP contribution in [0.25, 0.3) is 0 Å². The highest BCUT2D eigenvalue weighted by atomic mass is 16.7. The maximum absolute atomic E-state index is 13.1. The molecule has 78 heavy (non-hydrogen) atoms. The molecule has 1 heterocycles. The number of aliphatic hydroxyl groups excluding tert-OH is 5. The summed E-state index contributed by atoms with van der Waals surface area (Å²) >= 11 is 0. The Labute approximate surface area is 480 Å². The molecule has 9 heteroatoms. The molecule has 0 aliphatic carbocycles. The van der Waals surface area contributed by atoms with Crippen molar-refractivity contribution in [3.63, 3.8) is 0 Å². The van der Waals surface area contributed by atoms with Gasteiger partial charge in [-0.3, -0.25) is 4.79 Å². The molecule has 0 aromatic rings. The van der Waals surface area contributed by atoms with Crippen LogP contribution in [0.3, 0.4) is 0 Å². The fourth-order valence-electron chi connectivity index (χ4n) is 10.1. The molecule has 1 aliphatic rings. The molecule has 7 unspecified atom stereocenters. The molecule has 7 atom stereocenters. The second kappa shape index (κ2) is 57.6. The van der Waals surface area contributed by atoms with Crippen molar-refractivity contribution in [3.05, 3.63) is 85.1 Å². The van der Waals surface area contributed by atoms with Gasteiger partial charge in [0, 0.05) is 6.42 Å². The number of carbonyl (C=O) groups excluding carboxylic acids is 1. The van der Waals surface area contributed by atoms with Gasteiger partial charge < -0.3 is 40.3 Å². The van der Waals surface area contributed by atoms with Crippen molar-refractivity contribution >= 4 is 5.91 Å². The number of nitrogens with one attached hydrogen (secondary N) is 1. The number of amides is 1. The third kappa shape index (κ3) is 46.0. The van der Waals surface area contributed by atoms with Gasteiger partial charge in [0.05, 0.1) is 25.4 Å². The van der Waals surface area contributed by atoms with Crippen molar-refractivity contribution in [2.24, 2.45) is 0 Å². The van der Waals surface area contributed by atoms with E-state index in [1.807, 2.05) is 6.08 Å². The van der Waals surface area contributed by atoms with Gasteiger partial charge in [0.15, 0.2) is 6.29 Å². The molecular weight excluding hydrogens is 971 g/mol. The highest BCUT2D eigenvalue weighted by Crippen LogP contribution is 2.23. The predicted molar refractivity (Wildman–Crippen MR) is 332 cm³/mol. The molecule has 6 N–H and O–H groups in total. The van der Waals surface area contributed by atoms with Gasteiger partial charge in [0.25, 0.3) is 0 Å². The minimum Gasteiger partial charge on any atom is -0.394 e. The first-order valence-corrected chi connectivity index (χ1v) is 32.8. The summed E-state index contributed by atoms with van der Waals surface area (Å²) in [5.41, 5.74) is 0. The molecule has 1 aliphatic heterocycles. The zero-order valence-electron chi connectivity index (χ0n) is 50.4. The monoisotopic (exact) mass is 1090 g/mol. The van der Waals surface area contributed by atoms with Crippen LogP contribution in [-0.2, 0) is 14.3 Å². The molecule has 0 aromatic carbocycles. The highest BCUT2D eigenvalue weighted by molar-refractivity contribution is 5.76. The summed E-state index contributed by atoms with van der Waals surface area (Å²) in [5.74, 6) is -0.184.